The molecule has 0 aliphatic carbocycles. The maximum absolute atomic E-state index is 14.1. The monoisotopic (exact) mass is 784 g/mol. The number of amides is 4. The third-order valence-corrected chi connectivity index (χ3v) is 10.4. The number of hydrogen-bond donors (Lipinski definition) is 8. The fourth-order valence-corrected chi connectivity index (χ4v) is 7.17. The lowest BCUT2D eigenvalue weighted by atomic mass is 9.90. The van der Waals surface area contributed by atoms with E-state index in [1.807, 2.05) is 109 Å². The Morgan fingerprint density at radius 3 is 1.19 bits per heavy atom. The van der Waals surface area contributed by atoms with Crippen LogP contribution < -0.4 is 21.3 Å². The summed E-state index contributed by atoms with van der Waals surface area (Å²) >= 11 is 0. The zero-order chi connectivity index (χ0) is 41.3. The largest absolute Gasteiger partial charge is 0.388 e. The molecule has 4 aromatic carbocycles. The van der Waals surface area contributed by atoms with Crippen LogP contribution in [-0.2, 0) is 22.4 Å². The lowest BCUT2D eigenvalue weighted by Gasteiger charge is -2.35. The van der Waals surface area contributed by atoms with Crippen molar-refractivity contribution in [3.63, 3.8) is 0 Å². The molecule has 6 atom stereocenters. The van der Waals surface area contributed by atoms with Gasteiger partial charge < -0.3 is 41.4 Å². The number of H-pyrrole nitrogens is 2. The zero-order valence-electron chi connectivity index (χ0n) is 33.1. The maximum atomic E-state index is 14.1. The van der Waals surface area contributed by atoms with Crippen LogP contribution >= 0.6 is 0 Å². The minimum absolute atomic E-state index is 0.132. The van der Waals surface area contributed by atoms with Crippen LogP contribution in [0.3, 0.4) is 0 Å². The number of carbonyl (C=O) groups is 4. The molecule has 0 aliphatic heterocycles. The van der Waals surface area contributed by atoms with E-state index in [9.17, 15) is 29.4 Å². The smallest absolute Gasteiger partial charge is 0.268 e. The van der Waals surface area contributed by atoms with Gasteiger partial charge in [-0.2, -0.15) is 0 Å². The van der Waals surface area contributed by atoms with E-state index in [4.69, 9.17) is 0 Å². The topological polar surface area (TPSA) is 188 Å². The highest BCUT2D eigenvalue weighted by Crippen LogP contribution is 2.19. The van der Waals surface area contributed by atoms with Crippen molar-refractivity contribution in [2.24, 2.45) is 11.8 Å². The normalized spacial score (nSPS) is 14.7. The van der Waals surface area contributed by atoms with Crippen molar-refractivity contribution in [2.45, 2.75) is 76.9 Å². The molecule has 8 N–H and O–H groups in total. The number of aliphatic hydroxyl groups excluding tert-OH is 2. The molecular formula is C46H52N6O6. The number of nitrogens with one attached hydrogen (secondary N) is 6. The van der Waals surface area contributed by atoms with Crippen LogP contribution in [0.15, 0.2) is 121 Å². The van der Waals surface area contributed by atoms with Crippen molar-refractivity contribution in [3.05, 3.63) is 144 Å². The van der Waals surface area contributed by atoms with Crippen molar-refractivity contribution in [1.82, 2.24) is 31.2 Å². The van der Waals surface area contributed by atoms with Crippen LogP contribution in [0.5, 0.6) is 0 Å². The van der Waals surface area contributed by atoms with Crippen molar-refractivity contribution < 1.29 is 29.4 Å². The molecule has 58 heavy (non-hydrogen) atoms. The van der Waals surface area contributed by atoms with E-state index < -0.39 is 60.0 Å². The van der Waals surface area contributed by atoms with Gasteiger partial charge in [0.2, 0.25) is 11.8 Å². The van der Waals surface area contributed by atoms with Gasteiger partial charge in [-0.1, -0.05) is 125 Å². The van der Waals surface area contributed by atoms with E-state index in [0.717, 1.165) is 32.9 Å². The van der Waals surface area contributed by atoms with Gasteiger partial charge in [0.25, 0.3) is 11.8 Å². The van der Waals surface area contributed by atoms with Gasteiger partial charge in [-0.15, -0.1) is 0 Å². The quantitative estimate of drug-likeness (QED) is 0.0640. The Labute approximate surface area is 337 Å². The Morgan fingerprint density at radius 1 is 0.500 bits per heavy atom. The fourth-order valence-electron chi connectivity index (χ4n) is 7.17. The highest BCUT2D eigenvalue weighted by atomic mass is 16.3. The van der Waals surface area contributed by atoms with E-state index in [-0.39, 0.29) is 24.7 Å². The molecule has 12 nitrogen and oxygen atoms in total. The Bertz CT molecular complexity index is 2090. The summed E-state index contributed by atoms with van der Waals surface area (Å²) in [7, 11) is 0. The molecule has 0 unspecified atom stereocenters. The van der Waals surface area contributed by atoms with Crippen LogP contribution in [0.25, 0.3) is 21.8 Å². The summed E-state index contributed by atoms with van der Waals surface area (Å²) in [5.74, 6) is -2.71. The number of para-hydroxylation sites is 2. The summed E-state index contributed by atoms with van der Waals surface area (Å²) < 4.78 is 0. The summed E-state index contributed by atoms with van der Waals surface area (Å²) in [6.45, 7) is 7.23. The Hall–Kier alpha value is -6.24. The Balaban J connectivity index is 1.23. The van der Waals surface area contributed by atoms with Gasteiger partial charge in [0.1, 0.15) is 35.7 Å². The second-order valence-electron chi connectivity index (χ2n) is 15.5. The lowest BCUT2D eigenvalue weighted by molar-refractivity contribution is -0.129. The molecule has 0 aliphatic rings. The molecular weight excluding hydrogens is 733 g/mol. The first-order valence-corrected chi connectivity index (χ1v) is 19.7. The van der Waals surface area contributed by atoms with Gasteiger partial charge in [-0.05, 0) is 60.1 Å². The van der Waals surface area contributed by atoms with Gasteiger partial charge in [0.05, 0.1) is 12.1 Å². The Kier molecular flexibility index (Phi) is 13.4. The molecule has 2 heterocycles. The number of rotatable bonds is 17. The minimum Gasteiger partial charge on any atom is -0.388 e. The van der Waals surface area contributed by atoms with E-state index in [1.54, 1.807) is 39.8 Å². The minimum atomic E-state index is -1.59. The third kappa shape index (κ3) is 10.2. The first-order valence-electron chi connectivity index (χ1n) is 19.7. The van der Waals surface area contributed by atoms with Crippen molar-refractivity contribution in [3.8, 4) is 0 Å². The van der Waals surface area contributed by atoms with Crippen molar-refractivity contribution >= 4 is 45.4 Å². The average molecular weight is 785 g/mol. The van der Waals surface area contributed by atoms with E-state index in [2.05, 4.69) is 31.2 Å². The van der Waals surface area contributed by atoms with Crippen molar-refractivity contribution in [2.75, 3.05) is 0 Å². The summed E-state index contributed by atoms with van der Waals surface area (Å²) in [4.78, 5) is 61.2. The van der Waals surface area contributed by atoms with Gasteiger partial charge in [0.15, 0.2) is 0 Å². The molecule has 2 aromatic heterocycles. The number of benzene rings is 4. The van der Waals surface area contributed by atoms with E-state index >= 15 is 0 Å². The summed E-state index contributed by atoms with van der Waals surface area (Å²) in [5, 5.41) is 37.3. The molecule has 0 fully saturated rings. The first-order chi connectivity index (χ1) is 27.9. The van der Waals surface area contributed by atoms with Crippen LogP contribution in [0.2, 0.25) is 0 Å². The molecule has 0 saturated carbocycles. The SMILES string of the molecule is CC(C)[C@H](NC(=O)c1cc2ccccc2[nH]1)C(=O)N[C@@H](Cc1ccccc1)[C@@H](O)[C@H](O)[C@H](Cc1ccccc1)NC(=O)[C@@H](NC(=O)c1cc2ccccc2[nH]1)C(C)C. The predicted octanol–water partition coefficient (Wildman–Crippen LogP) is 5.04. The molecule has 6 aromatic rings. The lowest BCUT2D eigenvalue weighted by Crippen LogP contribution is -2.61. The molecule has 0 saturated heterocycles. The van der Waals surface area contributed by atoms with E-state index in [0.29, 0.717) is 11.4 Å². The van der Waals surface area contributed by atoms with Gasteiger partial charge in [-0.3, -0.25) is 19.2 Å². The molecule has 4 amide bonds. The molecule has 6 rings (SSSR count). The second kappa shape index (κ2) is 18.8. The van der Waals surface area contributed by atoms with Crippen LogP contribution in [-0.4, -0.2) is 80.2 Å². The number of carbonyl (C=O) groups excluding carboxylic acids is 4. The number of fused-ring (bicyclic) bond motifs is 2. The maximum Gasteiger partial charge on any atom is 0.268 e. The molecule has 0 radical (unpaired) electrons. The van der Waals surface area contributed by atoms with Crippen LogP contribution in [0.4, 0.5) is 0 Å². The third-order valence-electron chi connectivity index (χ3n) is 10.4. The highest BCUT2D eigenvalue weighted by molar-refractivity contribution is 6.01. The highest BCUT2D eigenvalue weighted by Gasteiger charge is 2.38. The zero-order valence-corrected chi connectivity index (χ0v) is 33.1. The van der Waals surface area contributed by atoms with E-state index in [1.165, 1.54) is 0 Å². The summed E-state index contributed by atoms with van der Waals surface area (Å²) in [6, 6.07) is 32.8. The second-order valence-corrected chi connectivity index (χ2v) is 15.5. The predicted molar refractivity (Wildman–Crippen MR) is 225 cm³/mol. The summed E-state index contributed by atoms with van der Waals surface area (Å²) in [6.07, 6.45) is -2.91. The number of aromatic nitrogens is 2. The average Bonchev–Trinajstić information content (AvgIpc) is 3.86. The number of aromatic amines is 2. The standard InChI is InChI=1S/C46H52N6O6/c1-27(2)39(51-43(55)37-25-31-19-11-13-21-33(31)47-37)45(57)49-35(23-29-15-7-5-8-16-29)41(53)42(54)36(24-30-17-9-6-10-18-30)50-46(58)40(28(3)4)52-44(56)38-26-32-20-12-14-22-34(32)48-38/h5-22,25-28,35-36,39-42,47-48,53-54H,23-24H2,1-4H3,(H,49,57)(H,50,58)(H,51,55)(H,52,56)/t35-,36-,39-,40-,41+,42+/m0/s1. The molecule has 0 bridgehead atoms. The molecule has 12 heteroatoms. The van der Waals surface area contributed by atoms with Gasteiger partial charge >= 0.3 is 0 Å². The Morgan fingerprint density at radius 2 is 0.845 bits per heavy atom. The van der Waals surface area contributed by atoms with Crippen LogP contribution in [0, 0.1) is 11.8 Å². The molecule has 302 valence electrons. The van der Waals surface area contributed by atoms with Gasteiger partial charge in [0, 0.05) is 21.8 Å². The van der Waals surface area contributed by atoms with Gasteiger partial charge in [-0.25, -0.2) is 0 Å². The van der Waals surface area contributed by atoms with Crippen LogP contribution in [0.1, 0.15) is 59.8 Å². The van der Waals surface area contributed by atoms with Crippen molar-refractivity contribution in [1.29, 1.82) is 0 Å². The fraction of sp³-hybridized carbons (Fsp3) is 0.304. The summed E-state index contributed by atoms with van der Waals surface area (Å²) in [5.41, 5.74) is 3.73. The first kappa shape index (κ1) is 41.4. The number of hydrogen-bond acceptors (Lipinski definition) is 6. The number of aliphatic hydroxyl groups is 2. The molecule has 0 spiro atoms.